The minimum absolute atomic E-state index is 0.00434. The van der Waals surface area contributed by atoms with Crippen molar-refractivity contribution in [2.75, 3.05) is 11.9 Å². The normalized spacial score (nSPS) is 10.9. The highest BCUT2D eigenvalue weighted by atomic mass is 35.5. The molecular formula is C21H14ClFN4O5S. The predicted molar refractivity (Wildman–Crippen MR) is 121 cm³/mol. The average Bonchev–Trinajstić information content (AvgIpc) is 3.34. The van der Waals surface area contributed by atoms with Crippen molar-refractivity contribution in [3.8, 4) is 5.69 Å². The van der Waals surface area contributed by atoms with E-state index in [1.165, 1.54) is 6.07 Å². The van der Waals surface area contributed by atoms with Crippen molar-refractivity contribution >= 4 is 56.4 Å². The molecule has 2 aromatic heterocycles. The van der Waals surface area contributed by atoms with E-state index >= 15 is 0 Å². The summed E-state index contributed by atoms with van der Waals surface area (Å²) in [5.74, 6) is -2.46. The van der Waals surface area contributed by atoms with Crippen molar-refractivity contribution in [1.82, 2.24) is 9.78 Å². The first-order chi connectivity index (χ1) is 15.7. The van der Waals surface area contributed by atoms with E-state index in [9.17, 15) is 24.1 Å². The first-order valence-electron chi connectivity index (χ1n) is 9.39. The molecular weight excluding hydrogens is 475 g/mol. The number of aromatic nitrogens is 2. The van der Waals surface area contributed by atoms with Crippen LogP contribution in [0.2, 0.25) is 5.02 Å². The number of hydrogen-bond acceptors (Lipinski definition) is 7. The van der Waals surface area contributed by atoms with Crippen LogP contribution in [0.3, 0.4) is 0 Å². The molecule has 1 amide bonds. The van der Waals surface area contributed by atoms with Gasteiger partial charge in [-0.3, -0.25) is 14.9 Å². The quantitative estimate of drug-likeness (QED) is 0.234. The van der Waals surface area contributed by atoms with Gasteiger partial charge in [0.2, 0.25) is 5.82 Å². The highest BCUT2D eigenvalue weighted by molar-refractivity contribution is 7.20. The lowest BCUT2D eigenvalue weighted by Gasteiger charge is -2.06. The molecule has 0 unspecified atom stereocenters. The maximum atomic E-state index is 13.4. The summed E-state index contributed by atoms with van der Waals surface area (Å²) in [6, 6.07) is 11.6. The summed E-state index contributed by atoms with van der Waals surface area (Å²) in [6.07, 6.45) is 0. The molecule has 12 heteroatoms. The molecule has 2 heterocycles. The number of benzene rings is 2. The number of anilines is 1. The van der Waals surface area contributed by atoms with Crippen LogP contribution in [0.1, 0.15) is 15.4 Å². The molecule has 0 fully saturated rings. The highest BCUT2D eigenvalue weighted by Crippen LogP contribution is 2.31. The first kappa shape index (κ1) is 22.4. The number of hydrogen-bond donors (Lipinski definition) is 1. The summed E-state index contributed by atoms with van der Waals surface area (Å²) in [7, 11) is 0. The van der Waals surface area contributed by atoms with Gasteiger partial charge in [-0.2, -0.15) is 9.49 Å². The third-order valence-electron chi connectivity index (χ3n) is 4.58. The Labute approximate surface area is 194 Å². The Hall–Kier alpha value is -3.83. The zero-order valence-corrected chi connectivity index (χ0v) is 18.4. The van der Waals surface area contributed by atoms with Crippen LogP contribution in [0, 0.1) is 22.9 Å². The summed E-state index contributed by atoms with van der Waals surface area (Å²) in [5.41, 5.74) is 0.711. The molecule has 2 aromatic carbocycles. The molecule has 0 aliphatic carbocycles. The van der Waals surface area contributed by atoms with Crippen molar-refractivity contribution in [2.45, 2.75) is 6.92 Å². The summed E-state index contributed by atoms with van der Waals surface area (Å²) >= 11 is 7.10. The molecule has 33 heavy (non-hydrogen) atoms. The Balaban J connectivity index is 1.45. The van der Waals surface area contributed by atoms with Gasteiger partial charge in [0.05, 0.1) is 16.3 Å². The minimum atomic E-state index is -1.03. The molecule has 0 aliphatic rings. The van der Waals surface area contributed by atoms with E-state index in [2.05, 4.69) is 10.4 Å². The van der Waals surface area contributed by atoms with Crippen molar-refractivity contribution in [3.63, 3.8) is 0 Å². The van der Waals surface area contributed by atoms with Crippen molar-refractivity contribution in [1.29, 1.82) is 0 Å². The Morgan fingerprint density at radius 1 is 1.24 bits per heavy atom. The van der Waals surface area contributed by atoms with Crippen LogP contribution in [-0.2, 0) is 9.53 Å². The largest absolute Gasteiger partial charge is 0.451 e. The van der Waals surface area contributed by atoms with E-state index in [0.717, 1.165) is 39.4 Å². The molecule has 0 bridgehead atoms. The Kier molecular flexibility index (Phi) is 6.07. The minimum Gasteiger partial charge on any atom is -0.451 e. The van der Waals surface area contributed by atoms with Gasteiger partial charge in [0.15, 0.2) is 6.61 Å². The van der Waals surface area contributed by atoms with E-state index in [1.54, 1.807) is 35.0 Å². The molecule has 0 saturated heterocycles. The van der Waals surface area contributed by atoms with Crippen LogP contribution in [0.15, 0.2) is 48.5 Å². The Bertz CT molecular complexity index is 1400. The van der Waals surface area contributed by atoms with E-state index in [0.29, 0.717) is 10.7 Å². The van der Waals surface area contributed by atoms with Crippen molar-refractivity contribution < 1.29 is 23.6 Å². The van der Waals surface area contributed by atoms with Gasteiger partial charge < -0.3 is 10.1 Å². The van der Waals surface area contributed by atoms with E-state index < -0.39 is 34.9 Å². The number of fused-ring (bicyclic) bond motifs is 1. The number of esters is 1. The number of nitrogens with zero attached hydrogens (tertiary/aromatic N) is 3. The van der Waals surface area contributed by atoms with E-state index in [-0.39, 0.29) is 10.6 Å². The lowest BCUT2D eigenvalue weighted by Crippen LogP contribution is -2.20. The molecule has 0 radical (unpaired) electrons. The molecule has 0 spiro atoms. The number of nitrogens with one attached hydrogen (secondary N) is 1. The number of nitro benzene ring substituents is 1. The number of thiophene rings is 1. The predicted octanol–water partition coefficient (Wildman–Crippen LogP) is 4.89. The molecule has 168 valence electrons. The number of ether oxygens (including phenoxy) is 1. The van der Waals surface area contributed by atoms with Crippen LogP contribution in [-0.4, -0.2) is 33.2 Å². The molecule has 9 nitrogen and oxygen atoms in total. The van der Waals surface area contributed by atoms with Gasteiger partial charge in [-0.15, -0.1) is 11.3 Å². The van der Waals surface area contributed by atoms with Crippen LogP contribution >= 0.6 is 22.9 Å². The highest BCUT2D eigenvalue weighted by Gasteiger charge is 2.20. The van der Waals surface area contributed by atoms with Gasteiger partial charge in [0.25, 0.3) is 5.91 Å². The van der Waals surface area contributed by atoms with Gasteiger partial charge in [0, 0.05) is 22.2 Å². The van der Waals surface area contributed by atoms with Crippen molar-refractivity contribution in [2.24, 2.45) is 0 Å². The summed E-state index contributed by atoms with van der Waals surface area (Å²) in [6.45, 7) is 1.19. The fourth-order valence-corrected chi connectivity index (χ4v) is 4.24. The van der Waals surface area contributed by atoms with Crippen LogP contribution in [0.25, 0.3) is 15.9 Å². The zero-order valence-electron chi connectivity index (χ0n) is 16.9. The molecule has 4 rings (SSSR count). The second-order valence-corrected chi connectivity index (χ2v) is 8.32. The number of halogens is 2. The topological polar surface area (TPSA) is 116 Å². The average molecular weight is 489 g/mol. The number of aryl methyl sites for hydroxylation is 1. The Morgan fingerprint density at radius 3 is 2.67 bits per heavy atom. The molecule has 1 N–H and O–H groups in total. The van der Waals surface area contributed by atoms with Gasteiger partial charge >= 0.3 is 11.7 Å². The second-order valence-electron chi connectivity index (χ2n) is 6.85. The van der Waals surface area contributed by atoms with Crippen molar-refractivity contribution in [3.05, 3.63) is 80.1 Å². The van der Waals surface area contributed by atoms with Gasteiger partial charge in [-0.05, 0) is 49.4 Å². The lowest BCUT2D eigenvalue weighted by atomic mass is 10.2. The molecule has 4 aromatic rings. The first-order valence-corrected chi connectivity index (χ1v) is 10.6. The maximum absolute atomic E-state index is 13.4. The maximum Gasteiger partial charge on any atom is 0.348 e. The van der Waals surface area contributed by atoms with E-state index in [1.807, 2.05) is 6.92 Å². The smallest absolute Gasteiger partial charge is 0.348 e. The standard InChI is InChI=1S/C21H14ClFN4O5S/c1-11-15-9-18(33-20(15)26(25-11)14-5-2-12(22)3-6-14)21(29)32-10-19(28)24-13-4-7-16(23)17(8-13)27(30)31/h2-9H,10H2,1H3,(H,24,28). The van der Waals surface area contributed by atoms with Crippen LogP contribution < -0.4 is 5.32 Å². The van der Waals surface area contributed by atoms with Gasteiger partial charge in [0.1, 0.15) is 9.71 Å². The number of amides is 1. The van der Waals surface area contributed by atoms with Gasteiger partial charge in [-0.25, -0.2) is 9.48 Å². The number of rotatable bonds is 6. The van der Waals surface area contributed by atoms with Crippen LogP contribution in [0.4, 0.5) is 15.8 Å². The Morgan fingerprint density at radius 2 is 1.97 bits per heavy atom. The molecule has 0 atom stereocenters. The fraction of sp³-hybridized carbons (Fsp3) is 0.0952. The zero-order chi connectivity index (χ0) is 23.7. The SMILES string of the molecule is Cc1nn(-c2ccc(Cl)cc2)c2sc(C(=O)OCC(=O)Nc3ccc(F)c([N+](=O)[O-])c3)cc12. The lowest BCUT2D eigenvalue weighted by molar-refractivity contribution is -0.387. The molecule has 0 saturated carbocycles. The number of nitro groups is 1. The summed E-state index contributed by atoms with van der Waals surface area (Å²) in [4.78, 5) is 35.5. The van der Waals surface area contributed by atoms with Crippen LogP contribution in [0.5, 0.6) is 0 Å². The fourth-order valence-electron chi connectivity index (χ4n) is 3.03. The molecule has 0 aliphatic heterocycles. The number of carbonyl (C=O) groups excluding carboxylic acids is 2. The second kappa shape index (κ2) is 8.96. The third kappa shape index (κ3) is 4.69. The summed E-state index contributed by atoms with van der Waals surface area (Å²) < 4.78 is 20.2. The van der Waals surface area contributed by atoms with Gasteiger partial charge in [-0.1, -0.05) is 11.6 Å². The summed E-state index contributed by atoms with van der Waals surface area (Å²) in [5, 5.41) is 19.0. The third-order valence-corrected chi connectivity index (χ3v) is 5.92. The van der Waals surface area contributed by atoms with E-state index in [4.69, 9.17) is 16.3 Å². The monoisotopic (exact) mass is 488 g/mol. The number of carbonyl (C=O) groups is 2.